The maximum Gasteiger partial charge on any atom is 0.234 e. The minimum atomic E-state index is -0.445. The van der Waals surface area contributed by atoms with E-state index in [9.17, 15) is 4.79 Å². The molecule has 0 radical (unpaired) electrons. The molecule has 1 aliphatic rings. The highest BCUT2D eigenvalue weighted by atomic mass is 16.5. The van der Waals surface area contributed by atoms with E-state index in [1.165, 1.54) is 0 Å². The van der Waals surface area contributed by atoms with Crippen molar-refractivity contribution in [3.8, 4) is 0 Å². The molecule has 0 N–H and O–H groups in total. The topological polar surface area (TPSA) is 65.2 Å². The highest BCUT2D eigenvalue weighted by molar-refractivity contribution is 5.84. The predicted octanol–water partition coefficient (Wildman–Crippen LogP) is 3.28. The van der Waals surface area contributed by atoms with Gasteiger partial charge in [0, 0.05) is 12.5 Å². The molecule has 0 saturated heterocycles. The minimum Gasteiger partial charge on any atom is -0.370 e. The number of nitrogens with zero attached hydrogens (tertiary/aromatic N) is 2. The van der Waals surface area contributed by atoms with E-state index in [0.29, 0.717) is 17.6 Å². The predicted molar refractivity (Wildman–Crippen MR) is 78.8 cm³/mol. The lowest BCUT2D eigenvalue weighted by Gasteiger charge is -2.35. The Labute approximate surface area is 126 Å². The number of methoxy groups -OCH3 is 1. The molecule has 1 aromatic heterocycles. The number of Topliss-reactive ketones (excluding diaryl/α,β-unsaturated/α-hetero) is 1. The molecule has 0 amide bonds. The number of carbonyl (C=O) groups is 1. The molecule has 5 nitrogen and oxygen atoms in total. The fourth-order valence-corrected chi connectivity index (χ4v) is 2.66. The Balaban J connectivity index is 2.13. The van der Waals surface area contributed by atoms with Crippen molar-refractivity contribution in [2.45, 2.75) is 65.4 Å². The fourth-order valence-electron chi connectivity index (χ4n) is 2.66. The van der Waals surface area contributed by atoms with Crippen molar-refractivity contribution >= 4 is 5.78 Å². The smallest absolute Gasteiger partial charge is 0.234 e. The lowest BCUT2D eigenvalue weighted by atomic mass is 9.79. The van der Waals surface area contributed by atoms with Gasteiger partial charge in [-0.15, -0.1) is 0 Å². The van der Waals surface area contributed by atoms with Crippen LogP contribution in [0.3, 0.4) is 0 Å². The number of ether oxygens (including phenoxy) is 1. The highest BCUT2D eigenvalue weighted by Gasteiger charge is 2.40. The summed E-state index contributed by atoms with van der Waals surface area (Å²) in [5.74, 6) is 1.79. The van der Waals surface area contributed by atoms with E-state index in [-0.39, 0.29) is 12.2 Å². The molecule has 1 fully saturated rings. The third kappa shape index (κ3) is 3.51. The van der Waals surface area contributed by atoms with Crippen LogP contribution in [0.4, 0.5) is 0 Å². The number of rotatable bonds is 4. The second-order valence-electron chi connectivity index (χ2n) is 7.24. The van der Waals surface area contributed by atoms with Gasteiger partial charge in [-0.05, 0) is 31.6 Å². The first-order chi connectivity index (χ1) is 9.77. The number of hydrogen-bond donors (Lipinski definition) is 0. The molecule has 5 heteroatoms. The van der Waals surface area contributed by atoms with Gasteiger partial charge in [-0.1, -0.05) is 32.9 Å². The van der Waals surface area contributed by atoms with E-state index >= 15 is 0 Å². The lowest BCUT2D eigenvalue weighted by molar-refractivity contribution is -0.125. The summed E-state index contributed by atoms with van der Waals surface area (Å²) in [6, 6.07) is 0. The zero-order valence-electron chi connectivity index (χ0n) is 13.7. The summed E-state index contributed by atoms with van der Waals surface area (Å²) in [6.07, 6.45) is 4.18. The van der Waals surface area contributed by atoms with Gasteiger partial charge in [0.2, 0.25) is 11.7 Å². The van der Waals surface area contributed by atoms with Crippen molar-refractivity contribution < 1.29 is 14.1 Å². The molecule has 118 valence electrons. The Hall–Kier alpha value is -1.23. The Bertz CT molecular complexity index is 494. The van der Waals surface area contributed by atoms with Gasteiger partial charge in [0.15, 0.2) is 0 Å². The van der Waals surface area contributed by atoms with Gasteiger partial charge in [-0.3, -0.25) is 4.79 Å². The van der Waals surface area contributed by atoms with Crippen molar-refractivity contribution in [2.75, 3.05) is 7.11 Å². The second kappa shape index (κ2) is 5.87. The number of ketones is 1. The first-order valence-corrected chi connectivity index (χ1v) is 7.68. The van der Waals surface area contributed by atoms with Crippen molar-refractivity contribution in [3.05, 3.63) is 11.7 Å². The van der Waals surface area contributed by atoms with Crippen molar-refractivity contribution in [1.82, 2.24) is 10.1 Å². The maximum absolute atomic E-state index is 12.1. The molecule has 1 aromatic rings. The number of hydrogen-bond acceptors (Lipinski definition) is 5. The summed E-state index contributed by atoms with van der Waals surface area (Å²) in [7, 11) is 1.70. The Morgan fingerprint density at radius 1 is 1.38 bits per heavy atom. The average Bonchev–Trinajstić information content (AvgIpc) is 2.88. The standard InChI is InChI=1S/C16H26N2O3/c1-11-6-8-16(20-5,9-7-11)14-17-13(21-18-14)10-12(19)15(2,3)4/h11H,6-10H2,1-5H3. The van der Waals surface area contributed by atoms with Crippen molar-refractivity contribution in [3.63, 3.8) is 0 Å². The molecule has 0 aliphatic heterocycles. The maximum atomic E-state index is 12.1. The Morgan fingerprint density at radius 2 is 2.00 bits per heavy atom. The zero-order valence-corrected chi connectivity index (χ0v) is 13.7. The Morgan fingerprint density at radius 3 is 2.52 bits per heavy atom. The zero-order chi connectivity index (χ0) is 15.7. The van der Waals surface area contributed by atoms with E-state index in [0.717, 1.165) is 25.7 Å². The van der Waals surface area contributed by atoms with E-state index in [4.69, 9.17) is 9.26 Å². The monoisotopic (exact) mass is 294 g/mol. The molecule has 1 saturated carbocycles. The lowest BCUT2D eigenvalue weighted by Crippen LogP contribution is -2.34. The average molecular weight is 294 g/mol. The molecule has 0 aromatic carbocycles. The van der Waals surface area contributed by atoms with Crippen LogP contribution in [0.25, 0.3) is 0 Å². The summed E-state index contributed by atoms with van der Waals surface area (Å²) in [5, 5.41) is 4.08. The van der Waals surface area contributed by atoms with E-state index in [1.807, 2.05) is 20.8 Å². The highest BCUT2D eigenvalue weighted by Crippen LogP contribution is 2.40. The molecule has 21 heavy (non-hydrogen) atoms. The first-order valence-electron chi connectivity index (χ1n) is 7.68. The van der Waals surface area contributed by atoms with E-state index in [2.05, 4.69) is 17.1 Å². The van der Waals surface area contributed by atoms with Gasteiger partial charge in [0.25, 0.3) is 0 Å². The van der Waals surface area contributed by atoms with Crippen molar-refractivity contribution in [1.29, 1.82) is 0 Å². The van der Waals surface area contributed by atoms with Crippen LogP contribution in [0.1, 0.15) is 65.1 Å². The molecular weight excluding hydrogens is 268 g/mol. The summed E-state index contributed by atoms with van der Waals surface area (Å²) in [4.78, 5) is 16.5. The van der Waals surface area contributed by atoms with Crippen LogP contribution < -0.4 is 0 Å². The van der Waals surface area contributed by atoms with Crippen LogP contribution in [-0.4, -0.2) is 23.0 Å². The van der Waals surface area contributed by atoms with Gasteiger partial charge in [-0.2, -0.15) is 4.98 Å². The molecule has 1 aliphatic carbocycles. The quantitative estimate of drug-likeness (QED) is 0.852. The molecule has 0 spiro atoms. The summed E-state index contributed by atoms with van der Waals surface area (Å²) in [5.41, 5.74) is -0.840. The SMILES string of the molecule is COC1(c2noc(CC(=O)C(C)(C)C)n2)CCC(C)CC1. The van der Waals surface area contributed by atoms with Gasteiger partial charge < -0.3 is 9.26 Å². The first kappa shape index (κ1) is 16.1. The largest absolute Gasteiger partial charge is 0.370 e. The van der Waals surface area contributed by atoms with Gasteiger partial charge in [-0.25, -0.2) is 0 Å². The van der Waals surface area contributed by atoms with Crippen LogP contribution >= 0.6 is 0 Å². The molecule has 2 rings (SSSR count). The van der Waals surface area contributed by atoms with E-state index < -0.39 is 11.0 Å². The molecule has 1 heterocycles. The van der Waals surface area contributed by atoms with Crippen LogP contribution in [0, 0.1) is 11.3 Å². The van der Waals surface area contributed by atoms with Crippen LogP contribution in [0.5, 0.6) is 0 Å². The molecule has 0 atom stereocenters. The second-order valence-corrected chi connectivity index (χ2v) is 7.24. The van der Waals surface area contributed by atoms with Gasteiger partial charge >= 0.3 is 0 Å². The molecule has 0 unspecified atom stereocenters. The summed E-state index contributed by atoms with van der Waals surface area (Å²) in [6.45, 7) is 7.94. The van der Waals surface area contributed by atoms with Gasteiger partial charge in [0.1, 0.15) is 11.4 Å². The minimum absolute atomic E-state index is 0.0985. The van der Waals surface area contributed by atoms with Gasteiger partial charge in [0.05, 0.1) is 6.42 Å². The normalized spacial score (nSPS) is 26.8. The molecular formula is C16H26N2O3. The fraction of sp³-hybridized carbons (Fsp3) is 0.812. The van der Waals surface area contributed by atoms with Crippen LogP contribution in [0.15, 0.2) is 4.52 Å². The summed E-state index contributed by atoms with van der Waals surface area (Å²) < 4.78 is 11.0. The number of carbonyl (C=O) groups excluding carboxylic acids is 1. The van der Waals surface area contributed by atoms with Crippen molar-refractivity contribution in [2.24, 2.45) is 11.3 Å². The third-order valence-electron chi connectivity index (χ3n) is 4.50. The van der Waals surface area contributed by atoms with E-state index in [1.54, 1.807) is 7.11 Å². The summed E-state index contributed by atoms with van der Waals surface area (Å²) >= 11 is 0. The number of aromatic nitrogens is 2. The Kier molecular flexibility index (Phi) is 4.51. The van der Waals surface area contributed by atoms with Crippen LogP contribution in [0.2, 0.25) is 0 Å². The van der Waals surface area contributed by atoms with Crippen LogP contribution in [-0.2, 0) is 21.6 Å². The molecule has 0 bridgehead atoms. The third-order valence-corrected chi connectivity index (χ3v) is 4.50.